The number of allylic oxidation sites excluding steroid dienone is 2. The maximum absolute atomic E-state index is 11.1. The lowest BCUT2D eigenvalue weighted by molar-refractivity contribution is -0.411. The van der Waals surface area contributed by atoms with E-state index in [1.807, 2.05) is 31.2 Å². The summed E-state index contributed by atoms with van der Waals surface area (Å²) in [6.45, 7) is 1.95. The van der Waals surface area contributed by atoms with Crippen LogP contribution in [0.15, 0.2) is 41.4 Å². The number of hydrogen-bond donors (Lipinski definition) is 0. The summed E-state index contributed by atoms with van der Waals surface area (Å²) in [5.74, 6) is 0. The molecule has 5 nitrogen and oxygen atoms in total. The minimum Gasteiger partial charge on any atom is -0.258 e. The van der Waals surface area contributed by atoms with E-state index in [2.05, 4.69) is 0 Å². The Morgan fingerprint density at radius 2 is 1.83 bits per heavy atom. The van der Waals surface area contributed by atoms with Gasteiger partial charge in [0.25, 0.3) is 0 Å². The molecule has 0 aromatic heterocycles. The van der Waals surface area contributed by atoms with Crippen molar-refractivity contribution in [1.82, 2.24) is 0 Å². The number of sulfone groups is 1. The standard InChI is InChI=1S/C12H13NO4S/c1-10-6-8-11(9-7-10)4-3-5-12(13(14)15)18(2,16)17/h3-9H,1-2H3/b4-3+,12-5-. The minimum atomic E-state index is -3.81. The van der Waals surface area contributed by atoms with Crippen molar-refractivity contribution in [3.8, 4) is 0 Å². The highest BCUT2D eigenvalue weighted by atomic mass is 32.2. The van der Waals surface area contributed by atoms with Crippen molar-refractivity contribution in [2.75, 3.05) is 6.26 Å². The van der Waals surface area contributed by atoms with Crippen molar-refractivity contribution in [2.45, 2.75) is 6.92 Å². The van der Waals surface area contributed by atoms with E-state index < -0.39 is 19.8 Å². The van der Waals surface area contributed by atoms with E-state index in [1.54, 1.807) is 6.08 Å². The zero-order valence-electron chi connectivity index (χ0n) is 10.0. The van der Waals surface area contributed by atoms with Crippen LogP contribution in [0.2, 0.25) is 0 Å². The van der Waals surface area contributed by atoms with Gasteiger partial charge in [0.05, 0.1) is 4.92 Å². The molecule has 0 aliphatic carbocycles. The zero-order chi connectivity index (χ0) is 13.8. The predicted octanol–water partition coefficient (Wildman–Crippen LogP) is 2.17. The Morgan fingerprint density at radius 1 is 1.28 bits per heavy atom. The molecule has 0 radical (unpaired) electrons. The second-order valence-corrected chi connectivity index (χ2v) is 5.77. The van der Waals surface area contributed by atoms with Gasteiger partial charge in [-0.3, -0.25) is 10.1 Å². The maximum atomic E-state index is 11.1. The molecule has 0 bridgehead atoms. The highest BCUT2D eigenvalue weighted by Crippen LogP contribution is 2.08. The molecule has 1 rings (SSSR count). The molecule has 0 saturated carbocycles. The first kappa shape index (κ1) is 14.1. The molecular formula is C12H13NO4S. The molecule has 0 N–H and O–H groups in total. The van der Waals surface area contributed by atoms with E-state index in [9.17, 15) is 18.5 Å². The third-order valence-electron chi connectivity index (χ3n) is 2.16. The first-order chi connectivity index (χ1) is 8.30. The Labute approximate surface area is 106 Å². The second kappa shape index (κ2) is 5.59. The monoisotopic (exact) mass is 267 g/mol. The maximum Gasteiger partial charge on any atom is 0.358 e. The highest BCUT2D eigenvalue weighted by molar-refractivity contribution is 7.94. The van der Waals surface area contributed by atoms with E-state index in [0.717, 1.165) is 23.5 Å². The van der Waals surface area contributed by atoms with Crippen LogP contribution in [0.4, 0.5) is 0 Å². The van der Waals surface area contributed by atoms with Crippen LogP contribution in [0.1, 0.15) is 11.1 Å². The summed E-state index contributed by atoms with van der Waals surface area (Å²) in [5, 5.41) is 9.74. The first-order valence-electron chi connectivity index (χ1n) is 5.10. The van der Waals surface area contributed by atoms with E-state index in [1.165, 1.54) is 6.08 Å². The van der Waals surface area contributed by atoms with E-state index in [-0.39, 0.29) is 0 Å². The van der Waals surface area contributed by atoms with Gasteiger partial charge in [-0.25, -0.2) is 8.42 Å². The van der Waals surface area contributed by atoms with Crippen LogP contribution >= 0.6 is 0 Å². The lowest BCUT2D eigenvalue weighted by Gasteiger charge is -1.94. The van der Waals surface area contributed by atoms with E-state index >= 15 is 0 Å². The number of aryl methyl sites for hydroxylation is 1. The Kier molecular flexibility index (Phi) is 4.38. The fourth-order valence-electron chi connectivity index (χ4n) is 1.24. The fourth-order valence-corrected chi connectivity index (χ4v) is 1.84. The van der Waals surface area contributed by atoms with Crippen LogP contribution in [0, 0.1) is 17.0 Å². The van der Waals surface area contributed by atoms with E-state index in [4.69, 9.17) is 0 Å². The Morgan fingerprint density at radius 3 is 2.28 bits per heavy atom. The van der Waals surface area contributed by atoms with Crippen LogP contribution in [-0.2, 0) is 9.84 Å². The van der Waals surface area contributed by atoms with Crippen LogP contribution in [-0.4, -0.2) is 19.6 Å². The van der Waals surface area contributed by atoms with Crippen LogP contribution in [0.25, 0.3) is 6.08 Å². The number of nitro groups is 1. The minimum absolute atomic E-state index is 0.807. The lowest BCUT2D eigenvalue weighted by Crippen LogP contribution is -2.09. The molecule has 0 heterocycles. The SMILES string of the molecule is Cc1ccc(/C=C/C=C(/[N+](=O)[O-])S(C)(=O)=O)cc1. The second-order valence-electron chi connectivity index (χ2n) is 3.80. The molecule has 1 aromatic rings. The van der Waals surface area contributed by atoms with Gasteiger partial charge in [-0.05, 0) is 12.5 Å². The summed E-state index contributed by atoms with van der Waals surface area (Å²) in [5.41, 5.74) is 1.94. The molecule has 0 atom stereocenters. The number of benzene rings is 1. The summed E-state index contributed by atoms with van der Waals surface area (Å²) < 4.78 is 22.2. The predicted molar refractivity (Wildman–Crippen MR) is 70.1 cm³/mol. The molecule has 0 fully saturated rings. The summed E-state index contributed by atoms with van der Waals surface area (Å²) >= 11 is 0. The van der Waals surface area contributed by atoms with Crippen LogP contribution in [0.3, 0.4) is 0 Å². The molecule has 18 heavy (non-hydrogen) atoms. The molecule has 0 aliphatic rings. The molecule has 0 spiro atoms. The Balaban J connectivity index is 2.97. The van der Waals surface area contributed by atoms with Crippen molar-refractivity contribution < 1.29 is 13.3 Å². The van der Waals surface area contributed by atoms with Gasteiger partial charge in [0, 0.05) is 12.3 Å². The fraction of sp³-hybridized carbons (Fsp3) is 0.167. The highest BCUT2D eigenvalue weighted by Gasteiger charge is 2.22. The molecule has 0 amide bonds. The van der Waals surface area contributed by atoms with Crippen LogP contribution < -0.4 is 0 Å². The van der Waals surface area contributed by atoms with Gasteiger partial charge >= 0.3 is 5.03 Å². The largest absolute Gasteiger partial charge is 0.358 e. The quantitative estimate of drug-likeness (QED) is 0.476. The molecular weight excluding hydrogens is 254 g/mol. The normalized spacial score (nSPS) is 12.9. The average molecular weight is 267 g/mol. The van der Waals surface area contributed by atoms with Crippen molar-refractivity contribution >= 4 is 15.9 Å². The van der Waals surface area contributed by atoms with E-state index in [0.29, 0.717) is 0 Å². The molecule has 0 aliphatic heterocycles. The molecule has 96 valence electrons. The molecule has 0 saturated heterocycles. The van der Waals surface area contributed by atoms with Gasteiger partial charge in [-0.2, -0.15) is 0 Å². The summed E-state index contributed by atoms with van der Waals surface area (Å²) in [4.78, 5) is 9.65. The first-order valence-corrected chi connectivity index (χ1v) is 6.99. The van der Waals surface area contributed by atoms with Gasteiger partial charge in [0.2, 0.25) is 9.84 Å². The number of nitrogens with zero attached hydrogens (tertiary/aromatic N) is 1. The van der Waals surface area contributed by atoms with Gasteiger partial charge in [-0.1, -0.05) is 42.0 Å². The van der Waals surface area contributed by atoms with Gasteiger partial charge in [0.1, 0.15) is 0 Å². The third-order valence-corrected chi connectivity index (χ3v) is 3.21. The number of rotatable bonds is 4. The average Bonchev–Trinajstić information content (AvgIpc) is 2.24. The Hall–Kier alpha value is -1.95. The number of hydrogen-bond acceptors (Lipinski definition) is 4. The van der Waals surface area contributed by atoms with Crippen molar-refractivity contribution in [3.63, 3.8) is 0 Å². The molecule has 1 aromatic carbocycles. The smallest absolute Gasteiger partial charge is 0.258 e. The van der Waals surface area contributed by atoms with Gasteiger partial charge in [-0.15, -0.1) is 0 Å². The molecule has 6 heteroatoms. The lowest BCUT2D eigenvalue weighted by atomic mass is 10.1. The van der Waals surface area contributed by atoms with Crippen molar-refractivity contribution in [1.29, 1.82) is 0 Å². The topological polar surface area (TPSA) is 77.3 Å². The van der Waals surface area contributed by atoms with Gasteiger partial charge in [0.15, 0.2) is 0 Å². The molecule has 0 unspecified atom stereocenters. The third kappa shape index (κ3) is 4.14. The van der Waals surface area contributed by atoms with Crippen molar-refractivity contribution in [3.05, 3.63) is 62.7 Å². The zero-order valence-corrected chi connectivity index (χ0v) is 10.8. The summed E-state index contributed by atoms with van der Waals surface area (Å²) in [6, 6.07) is 7.47. The summed E-state index contributed by atoms with van der Waals surface area (Å²) in [7, 11) is -3.81. The van der Waals surface area contributed by atoms with Gasteiger partial charge < -0.3 is 0 Å². The van der Waals surface area contributed by atoms with Crippen molar-refractivity contribution in [2.24, 2.45) is 0 Å². The summed E-state index contributed by atoms with van der Waals surface area (Å²) in [6.07, 6.45) is 4.74. The van der Waals surface area contributed by atoms with Crippen LogP contribution in [0.5, 0.6) is 0 Å². The Bertz CT molecular complexity index is 597.